The van der Waals surface area contributed by atoms with Gasteiger partial charge in [0.15, 0.2) is 0 Å². The molecule has 2 rings (SSSR count). The second-order valence-corrected chi connectivity index (χ2v) is 5.42. The summed E-state index contributed by atoms with van der Waals surface area (Å²) in [5.41, 5.74) is 0.564. The van der Waals surface area contributed by atoms with Crippen molar-refractivity contribution in [2.75, 3.05) is 6.54 Å². The Morgan fingerprint density at radius 3 is 2.80 bits per heavy atom. The Balaban J connectivity index is 1.83. The highest BCUT2D eigenvalue weighted by Gasteiger charge is 2.44. The van der Waals surface area contributed by atoms with Gasteiger partial charge in [-0.3, -0.25) is 0 Å². The summed E-state index contributed by atoms with van der Waals surface area (Å²) in [6, 6.07) is 0.349. The van der Waals surface area contributed by atoms with Gasteiger partial charge in [-0.2, -0.15) is 0 Å². The summed E-state index contributed by atoms with van der Waals surface area (Å²) in [6.07, 6.45) is 5.20. The van der Waals surface area contributed by atoms with E-state index >= 15 is 0 Å². The molecule has 0 aliphatic heterocycles. The topological polar surface area (TPSA) is 29.9 Å². The average molecular weight is 207 g/mol. The lowest BCUT2D eigenvalue weighted by Gasteiger charge is -2.14. The van der Waals surface area contributed by atoms with Crippen molar-refractivity contribution in [1.29, 1.82) is 0 Å². The fourth-order valence-corrected chi connectivity index (χ4v) is 2.13. The summed E-state index contributed by atoms with van der Waals surface area (Å²) in [7, 11) is 2.04. The highest BCUT2D eigenvalue weighted by atomic mass is 15.1. The first kappa shape index (κ1) is 10.7. The van der Waals surface area contributed by atoms with Gasteiger partial charge in [0.2, 0.25) is 0 Å². The lowest BCUT2D eigenvalue weighted by Crippen LogP contribution is -2.24. The van der Waals surface area contributed by atoms with Crippen LogP contribution in [0.2, 0.25) is 0 Å². The average Bonchev–Trinajstić information content (AvgIpc) is 2.58. The molecule has 1 heterocycles. The molecule has 0 radical (unpaired) electrons. The van der Waals surface area contributed by atoms with Gasteiger partial charge in [0.05, 0.1) is 6.04 Å². The molecule has 1 aromatic rings. The van der Waals surface area contributed by atoms with Crippen LogP contribution in [0.3, 0.4) is 0 Å². The van der Waals surface area contributed by atoms with E-state index in [1.54, 1.807) is 0 Å². The largest absolute Gasteiger partial charge is 0.337 e. The van der Waals surface area contributed by atoms with E-state index in [0.29, 0.717) is 11.5 Å². The van der Waals surface area contributed by atoms with Crippen LogP contribution in [0.1, 0.15) is 39.1 Å². The molecule has 3 nitrogen and oxygen atoms in total. The summed E-state index contributed by atoms with van der Waals surface area (Å²) in [6.45, 7) is 7.97. The fraction of sp³-hybridized carbons (Fsp3) is 0.750. The first-order valence-electron chi connectivity index (χ1n) is 5.71. The van der Waals surface area contributed by atoms with Gasteiger partial charge in [0.1, 0.15) is 5.82 Å². The maximum absolute atomic E-state index is 4.35. The van der Waals surface area contributed by atoms with Crippen molar-refractivity contribution in [2.45, 2.75) is 33.2 Å². The highest BCUT2D eigenvalue weighted by Crippen LogP contribution is 2.51. The van der Waals surface area contributed by atoms with Crippen LogP contribution in [0, 0.1) is 11.3 Å². The van der Waals surface area contributed by atoms with Crippen LogP contribution in [0.5, 0.6) is 0 Å². The summed E-state index contributed by atoms with van der Waals surface area (Å²) >= 11 is 0. The van der Waals surface area contributed by atoms with Gasteiger partial charge in [0, 0.05) is 19.4 Å². The standard InChI is InChI=1S/C12H21N3/c1-9(11-13-5-6-15(11)4)14-8-10-7-12(10,2)3/h5-6,9-10,14H,7-8H2,1-4H3. The molecule has 0 aromatic carbocycles. The second-order valence-electron chi connectivity index (χ2n) is 5.42. The maximum Gasteiger partial charge on any atom is 0.125 e. The molecule has 0 spiro atoms. The molecule has 0 saturated heterocycles. The summed E-state index contributed by atoms with van der Waals surface area (Å²) < 4.78 is 2.08. The predicted octanol–water partition coefficient (Wildman–Crippen LogP) is 2.12. The molecule has 84 valence electrons. The summed E-state index contributed by atoms with van der Waals surface area (Å²) in [5, 5.41) is 3.56. The van der Waals surface area contributed by atoms with Crippen LogP contribution >= 0.6 is 0 Å². The van der Waals surface area contributed by atoms with Crippen molar-refractivity contribution in [3.05, 3.63) is 18.2 Å². The number of hydrogen-bond donors (Lipinski definition) is 1. The third-order valence-electron chi connectivity index (χ3n) is 3.63. The molecular formula is C12H21N3. The highest BCUT2D eigenvalue weighted by molar-refractivity contribution is 5.00. The Hall–Kier alpha value is -0.830. The molecule has 1 saturated carbocycles. The van der Waals surface area contributed by atoms with E-state index in [1.807, 2.05) is 19.4 Å². The number of rotatable bonds is 4. The SMILES string of the molecule is CC(NCC1CC1(C)C)c1nccn1C. The van der Waals surface area contributed by atoms with E-state index in [1.165, 1.54) is 6.42 Å². The van der Waals surface area contributed by atoms with Gasteiger partial charge in [-0.15, -0.1) is 0 Å². The predicted molar refractivity (Wildman–Crippen MR) is 61.5 cm³/mol. The van der Waals surface area contributed by atoms with Crippen LogP contribution < -0.4 is 5.32 Å². The zero-order valence-corrected chi connectivity index (χ0v) is 10.1. The van der Waals surface area contributed by atoms with Gasteiger partial charge >= 0.3 is 0 Å². The van der Waals surface area contributed by atoms with Crippen LogP contribution in [0.25, 0.3) is 0 Å². The van der Waals surface area contributed by atoms with Crippen LogP contribution in [-0.2, 0) is 7.05 Å². The quantitative estimate of drug-likeness (QED) is 0.819. The Morgan fingerprint density at radius 1 is 1.67 bits per heavy atom. The van der Waals surface area contributed by atoms with Crippen molar-refractivity contribution < 1.29 is 0 Å². The molecule has 2 atom stereocenters. The van der Waals surface area contributed by atoms with Gasteiger partial charge < -0.3 is 9.88 Å². The summed E-state index contributed by atoms with van der Waals surface area (Å²) in [5.74, 6) is 1.97. The number of nitrogens with one attached hydrogen (secondary N) is 1. The molecule has 0 amide bonds. The Labute approximate surface area is 91.9 Å². The molecule has 0 bridgehead atoms. The number of imidazole rings is 1. The summed E-state index contributed by atoms with van der Waals surface area (Å²) in [4.78, 5) is 4.35. The van der Waals surface area contributed by atoms with Crippen LogP contribution in [-0.4, -0.2) is 16.1 Å². The van der Waals surface area contributed by atoms with Gasteiger partial charge in [-0.05, 0) is 31.2 Å². The normalized spacial score (nSPS) is 25.2. The molecule has 3 heteroatoms. The lowest BCUT2D eigenvalue weighted by molar-refractivity contribution is 0.468. The minimum absolute atomic E-state index is 0.349. The van der Waals surface area contributed by atoms with Gasteiger partial charge in [-0.25, -0.2) is 4.98 Å². The zero-order valence-electron chi connectivity index (χ0n) is 10.1. The van der Waals surface area contributed by atoms with Crippen molar-refractivity contribution in [3.8, 4) is 0 Å². The number of nitrogens with zero attached hydrogens (tertiary/aromatic N) is 2. The lowest BCUT2D eigenvalue weighted by atomic mass is 10.1. The van der Waals surface area contributed by atoms with Crippen molar-refractivity contribution in [3.63, 3.8) is 0 Å². The Bertz CT molecular complexity index is 340. The minimum Gasteiger partial charge on any atom is -0.337 e. The zero-order chi connectivity index (χ0) is 11.1. The van der Waals surface area contributed by atoms with E-state index in [0.717, 1.165) is 18.3 Å². The second kappa shape index (κ2) is 3.63. The number of hydrogen-bond acceptors (Lipinski definition) is 2. The van der Waals surface area contributed by atoms with Crippen LogP contribution in [0.4, 0.5) is 0 Å². The van der Waals surface area contributed by atoms with E-state index in [-0.39, 0.29) is 0 Å². The van der Waals surface area contributed by atoms with Gasteiger partial charge in [-0.1, -0.05) is 13.8 Å². The first-order valence-corrected chi connectivity index (χ1v) is 5.71. The molecular weight excluding hydrogens is 186 g/mol. The van der Waals surface area contributed by atoms with Gasteiger partial charge in [0.25, 0.3) is 0 Å². The Morgan fingerprint density at radius 2 is 2.33 bits per heavy atom. The fourth-order valence-electron chi connectivity index (χ4n) is 2.13. The number of aromatic nitrogens is 2. The molecule has 1 fully saturated rings. The first-order chi connectivity index (χ1) is 7.00. The smallest absolute Gasteiger partial charge is 0.125 e. The molecule has 1 aromatic heterocycles. The van der Waals surface area contributed by atoms with Crippen molar-refractivity contribution in [2.24, 2.45) is 18.4 Å². The monoisotopic (exact) mass is 207 g/mol. The molecule has 15 heavy (non-hydrogen) atoms. The van der Waals surface area contributed by atoms with E-state index < -0.39 is 0 Å². The van der Waals surface area contributed by atoms with E-state index in [9.17, 15) is 0 Å². The third-order valence-corrected chi connectivity index (χ3v) is 3.63. The van der Waals surface area contributed by atoms with Crippen molar-refractivity contribution >= 4 is 0 Å². The third kappa shape index (κ3) is 2.23. The Kier molecular flexibility index (Phi) is 2.59. The minimum atomic E-state index is 0.349. The van der Waals surface area contributed by atoms with E-state index in [2.05, 4.69) is 35.6 Å². The van der Waals surface area contributed by atoms with Crippen molar-refractivity contribution in [1.82, 2.24) is 14.9 Å². The van der Waals surface area contributed by atoms with E-state index in [4.69, 9.17) is 0 Å². The molecule has 2 unspecified atom stereocenters. The molecule has 1 aliphatic carbocycles. The molecule has 1 aliphatic rings. The number of aryl methyl sites for hydroxylation is 1. The van der Waals surface area contributed by atoms with Crippen LogP contribution in [0.15, 0.2) is 12.4 Å². The maximum atomic E-state index is 4.35. The molecule has 1 N–H and O–H groups in total.